The average molecular weight is 298 g/mol. The van der Waals surface area contributed by atoms with Gasteiger partial charge in [0.2, 0.25) is 0 Å². The second-order valence-electron chi connectivity index (χ2n) is 5.48. The van der Waals surface area contributed by atoms with Crippen LogP contribution in [0.15, 0.2) is 36.8 Å². The molecule has 22 heavy (non-hydrogen) atoms. The van der Waals surface area contributed by atoms with Crippen molar-refractivity contribution in [3.05, 3.63) is 59.2 Å². The lowest BCUT2D eigenvalue weighted by atomic mass is 10.0. The number of aryl methyl sites for hydroxylation is 2. The van der Waals surface area contributed by atoms with Crippen LogP contribution in [0.5, 0.6) is 0 Å². The minimum absolute atomic E-state index is 0.144. The van der Waals surface area contributed by atoms with Gasteiger partial charge >= 0.3 is 5.97 Å². The van der Waals surface area contributed by atoms with Crippen LogP contribution in [-0.2, 0) is 17.6 Å². The van der Waals surface area contributed by atoms with Gasteiger partial charge in [-0.3, -0.25) is 9.97 Å². The number of carboxylic acid groups (broad SMARTS) is 1. The van der Waals surface area contributed by atoms with E-state index in [0.717, 1.165) is 49.1 Å². The zero-order chi connectivity index (χ0) is 15.4. The predicted octanol–water partition coefficient (Wildman–Crippen LogP) is 2.81. The van der Waals surface area contributed by atoms with Gasteiger partial charge in [-0.2, -0.15) is 0 Å². The lowest BCUT2D eigenvalue weighted by molar-refractivity contribution is 0.0696. The first-order chi connectivity index (χ1) is 10.7. The van der Waals surface area contributed by atoms with Gasteiger partial charge in [0.25, 0.3) is 0 Å². The summed E-state index contributed by atoms with van der Waals surface area (Å²) < 4.78 is 5.62. The Balaban J connectivity index is 1.61. The number of hydrogen-bond donors (Lipinski definition) is 1. The first kappa shape index (κ1) is 14.7. The standard InChI is InChI=1S/C17H18N2O3/c20-17(21)14-8-13(9-18-11-14)4-3-12-5-6-15(19-10-12)16-2-1-7-22-16/h5-6,8-11,16H,1-4,7H2,(H,20,21). The molecule has 1 aliphatic heterocycles. The summed E-state index contributed by atoms with van der Waals surface area (Å²) in [5.74, 6) is -0.947. The summed E-state index contributed by atoms with van der Waals surface area (Å²) in [5.41, 5.74) is 3.27. The Morgan fingerprint density at radius 1 is 1.23 bits per heavy atom. The number of nitrogens with zero attached hydrogens (tertiary/aromatic N) is 2. The Kier molecular flexibility index (Phi) is 4.44. The van der Waals surface area contributed by atoms with Crippen molar-refractivity contribution in [2.45, 2.75) is 31.8 Å². The van der Waals surface area contributed by atoms with E-state index in [1.54, 1.807) is 12.3 Å². The third-order valence-corrected chi connectivity index (χ3v) is 3.85. The van der Waals surface area contributed by atoms with Crippen LogP contribution in [-0.4, -0.2) is 27.7 Å². The van der Waals surface area contributed by atoms with Crippen molar-refractivity contribution in [2.75, 3.05) is 6.61 Å². The van der Waals surface area contributed by atoms with Crippen LogP contribution >= 0.6 is 0 Å². The van der Waals surface area contributed by atoms with Gasteiger partial charge in [0, 0.05) is 25.2 Å². The Labute approximate surface area is 129 Å². The number of aromatic carboxylic acids is 1. The number of hydrogen-bond acceptors (Lipinski definition) is 4. The second kappa shape index (κ2) is 6.66. The fourth-order valence-corrected chi connectivity index (χ4v) is 2.62. The Bertz CT molecular complexity index is 649. The number of carbonyl (C=O) groups is 1. The topological polar surface area (TPSA) is 72.3 Å². The molecule has 1 unspecified atom stereocenters. The highest BCUT2D eigenvalue weighted by atomic mass is 16.5. The molecule has 0 saturated carbocycles. The smallest absolute Gasteiger partial charge is 0.337 e. The van der Waals surface area contributed by atoms with E-state index in [2.05, 4.69) is 16.0 Å². The average Bonchev–Trinajstić information content (AvgIpc) is 3.08. The molecule has 0 aromatic carbocycles. The molecule has 1 atom stereocenters. The van der Waals surface area contributed by atoms with Crippen molar-refractivity contribution in [3.63, 3.8) is 0 Å². The number of pyridine rings is 2. The van der Waals surface area contributed by atoms with Gasteiger partial charge in [0.15, 0.2) is 0 Å². The summed E-state index contributed by atoms with van der Waals surface area (Å²) in [4.78, 5) is 19.4. The molecule has 3 rings (SSSR count). The normalized spacial score (nSPS) is 17.5. The summed E-state index contributed by atoms with van der Waals surface area (Å²) in [6.45, 7) is 0.820. The van der Waals surface area contributed by atoms with Crippen molar-refractivity contribution in [1.82, 2.24) is 9.97 Å². The number of carboxylic acids is 1. The van der Waals surface area contributed by atoms with Crippen LogP contribution in [0.3, 0.4) is 0 Å². The quantitative estimate of drug-likeness (QED) is 0.919. The van der Waals surface area contributed by atoms with E-state index in [1.165, 1.54) is 6.20 Å². The van der Waals surface area contributed by atoms with Gasteiger partial charge in [-0.15, -0.1) is 0 Å². The molecule has 114 valence electrons. The molecule has 0 amide bonds. The second-order valence-corrected chi connectivity index (χ2v) is 5.48. The highest BCUT2D eigenvalue weighted by Gasteiger charge is 2.18. The molecule has 5 nitrogen and oxygen atoms in total. The van der Waals surface area contributed by atoms with Crippen LogP contribution in [0.2, 0.25) is 0 Å². The van der Waals surface area contributed by atoms with Crippen molar-refractivity contribution >= 4 is 5.97 Å². The molecule has 2 aromatic heterocycles. The molecule has 1 aliphatic rings. The summed E-state index contributed by atoms with van der Waals surface area (Å²) in [6.07, 6.45) is 8.79. The zero-order valence-electron chi connectivity index (χ0n) is 12.2. The van der Waals surface area contributed by atoms with Crippen molar-refractivity contribution in [2.24, 2.45) is 0 Å². The molecule has 1 saturated heterocycles. The maximum atomic E-state index is 10.9. The van der Waals surface area contributed by atoms with Gasteiger partial charge in [0.05, 0.1) is 17.4 Å². The summed E-state index contributed by atoms with van der Waals surface area (Å²) in [5, 5.41) is 8.97. The summed E-state index contributed by atoms with van der Waals surface area (Å²) in [7, 11) is 0. The van der Waals surface area contributed by atoms with Gasteiger partial charge in [-0.1, -0.05) is 6.07 Å². The maximum Gasteiger partial charge on any atom is 0.337 e. The number of aromatic nitrogens is 2. The largest absolute Gasteiger partial charge is 0.478 e. The minimum Gasteiger partial charge on any atom is -0.478 e. The fourth-order valence-electron chi connectivity index (χ4n) is 2.62. The molecule has 2 aromatic rings. The Morgan fingerprint density at radius 2 is 2.09 bits per heavy atom. The van der Waals surface area contributed by atoms with E-state index in [1.807, 2.05) is 12.3 Å². The molecule has 5 heteroatoms. The summed E-state index contributed by atoms with van der Waals surface area (Å²) >= 11 is 0. The summed E-state index contributed by atoms with van der Waals surface area (Å²) in [6, 6.07) is 5.76. The van der Waals surface area contributed by atoms with E-state index < -0.39 is 5.97 Å². The fraction of sp³-hybridized carbons (Fsp3) is 0.353. The molecule has 0 aliphatic carbocycles. The lowest BCUT2D eigenvalue weighted by Crippen LogP contribution is -2.01. The van der Waals surface area contributed by atoms with Gasteiger partial charge in [-0.05, 0) is 48.9 Å². The molecule has 1 fully saturated rings. The molecule has 3 heterocycles. The Morgan fingerprint density at radius 3 is 2.77 bits per heavy atom. The van der Waals surface area contributed by atoms with Crippen molar-refractivity contribution in [1.29, 1.82) is 0 Å². The number of rotatable bonds is 5. The maximum absolute atomic E-state index is 10.9. The minimum atomic E-state index is -0.947. The molecular formula is C17H18N2O3. The monoisotopic (exact) mass is 298 g/mol. The third-order valence-electron chi connectivity index (χ3n) is 3.85. The SMILES string of the molecule is O=C(O)c1cncc(CCc2ccc(C3CCCO3)nc2)c1. The van der Waals surface area contributed by atoms with Crippen LogP contribution in [0.1, 0.15) is 46.1 Å². The first-order valence-corrected chi connectivity index (χ1v) is 7.46. The predicted molar refractivity (Wildman–Crippen MR) is 80.8 cm³/mol. The van der Waals surface area contributed by atoms with Gasteiger partial charge < -0.3 is 9.84 Å². The van der Waals surface area contributed by atoms with E-state index in [-0.39, 0.29) is 11.7 Å². The van der Waals surface area contributed by atoms with E-state index in [0.29, 0.717) is 0 Å². The molecular weight excluding hydrogens is 280 g/mol. The molecule has 1 N–H and O–H groups in total. The van der Waals surface area contributed by atoms with Gasteiger partial charge in [-0.25, -0.2) is 4.79 Å². The van der Waals surface area contributed by atoms with Crippen LogP contribution < -0.4 is 0 Å². The van der Waals surface area contributed by atoms with E-state index in [4.69, 9.17) is 9.84 Å². The van der Waals surface area contributed by atoms with E-state index in [9.17, 15) is 4.79 Å². The number of ether oxygens (including phenoxy) is 1. The zero-order valence-corrected chi connectivity index (χ0v) is 12.2. The first-order valence-electron chi connectivity index (χ1n) is 7.46. The highest BCUT2D eigenvalue weighted by Crippen LogP contribution is 2.26. The van der Waals surface area contributed by atoms with E-state index >= 15 is 0 Å². The Hall–Kier alpha value is -2.27. The van der Waals surface area contributed by atoms with Crippen LogP contribution in [0, 0.1) is 0 Å². The van der Waals surface area contributed by atoms with Crippen molar-refractivity contribution in [3.8, 4) is 0 Å². The lowest BCUT2D eigenvalue weighted by Gasteiger charge is -2.09. The molecule has 0 spiro atoms. The van der Waals surface area contributed by atoms with Gasteiger partial charge in [0.1, 0.15) is 0 Å². The third kappa shape index (κ3) is 3.49. The highest BCUT2D eigenvalue weighted by molar-refractivity contribution is 5.87. The molecule has 0 radical (unpaired) electrons. The van der Waals surface area contributed by atoms with Crippen molar-refractivity contribution < 1.29 is 14.6 Å². The molecule has 0 bridgehead atoms. The van der Waals surface area contributed by atoms with Crippen LogP contribution in [0.25, 0.3) is 0 Å². The van der Waals surface area contributed by atoms with Crippen LogP contribution in [0.4, 0.5) is 0 Å².